The summed E-state index contributed by atoms with van der Waals surface area (Å²) in [5.41, 5.74) is 0. The van der Waals surface area contributed by atoms with Gasteiger partial charge in [-0.1, -0.05) is 26.2 Å². The summed E-state index contributed by atoms with van der Waals surface area (Å²) >= 11 is 0. The van der Waals surface area contributed by atoms with Gasteiger partial charge in [0.25, 0.3) is 0 Å². The van der Waals surface area contributed by atoms with Gasteiger partial charge in [0.1, 0.15) is 0 Å². The number of fused-ring (bicyclic) bond motifs is 2. The molecule has 0 amide bonds. The van der Waals surface area contributed by atoms with Crippen LogP contribution in [0.15, 0.2) is 0 Å². The SMILES string of the molecule is CCC1CCCCC1NC1CCN2CCC1C2. The molecule has 3 aliphatic rings. The molecule has 0 radical (unpaired) electrons. The van der Waals surface area contributed by atoms with E-state index in [4.69, 9.17) is 0 Å². The fourth-order valence-electron chi connectivity index (χ4n) is 4.36. The zero-order valence-electron chi connectivity index (χ0n) is 11.3. The van der Waals surface area contributed by atoms with Crippen LogP contribution in [-0.4, -0.2) is 36.6 Å². The van der Waals surface area contributed by atoms with Crippen molar-refractivity contribution in [2.75, 3.05) is 19.6 Å². The van der Waals surface area contributed by atoms with E-state index in [2.05, 4.69) is 17.1 Å². The number of rotatable bonds is 3. The van der Waals surface area contributed by atoms with Crippen LogP contribution in [0.5, 0.6) is 0 Å². The number of piperidine rings is 1. The largest absolute Gasteiger partial charge is 0.311 e. The molecular weight excluding hydrogens is 208 g/mol. The molecule has 3 fully saturated rings. The Balaban J connectivity index is 1.57. The van der Waals surface area contributed by atoms with Crippen molar-refractivity contribution in [1.29, 1.82) is 0 Å². The van der Waals surface area contributed by atoms with Crippen LogP contribution in [-0.2, 0) is 0 Å². The molecule has 1 saturated carbocycles. The first-order valence-electron chi connectivity index (χ1n) is 7.85. The molecule has 1 N–H and O–H groups in total. The average Bonchev–Trinajstić information content (AvgIpc) is 2.76. The summed E-state index contributed by atoms with van der Waals surface area (Å²) in [5.74, 6) is 1.92. The van der Waals surface area contributed by atoms with Gasteiger partial charge in [-0.05, 0) is 50.6 Å². The van der Waals surface area contributed by atoms with E-state index in [1.807, 2.05) is 0 Å². The second-order valence-corrected chi connectivity index (χ2v) is 6.47. The molecule has 98 valence electrons. The highest BCUT2D eigenvalue weighted by molar-refractivity contribution is 4.93. The summed E-state index contributed by atoms with van der Waals surface area (Å²) in [6.07, 6.45) is 10.1. The molecule has 3 rings (SSSR count). The Hall–Kier alpha value is -0.0800. The number of nitrogens with zero attached hydrogens (tertiary/aromatic N) is 1. The molecule has 5 atom stereocenters. The maximum Gasteiger partial charge on any atom is 0.0123 e. The fourth-order valence-corrected chi connectivity index (χ4v) is 4.36. The average molecular weight is 236 g/mol. The number of nitrogens with one attached hydrogen (secondary N) is 1. The Labute approximate surface area is 106 Å². The van der Waals surface area contributed by atoms with Gasteiger partial charge in [0.05, 0.1) is 0 Å². The first-order chi connectivity index (χ1) is 8.36. The van der Waals surface area contributed by atoms with Gasteiger partial charge in [0, 0.05) is 18.6 Å². The van der Waals surface area contributed by atoms with Crippen LogP contribution in [0.1, 0.15) is 51.9 Å². The summed E-state index contributed by atoms with van der Waals surface area (Å²) in [6, 6.07) is 1.68. The van der Waals surface area contributed by atoms with Gasteiger partial charge in [0.2, 0.25) is 0 Å². The highest BCUT2D eigenvalue weighted by Crippen LogP contribution is 2.31. The van der Waals surface area contributed by atoms with Crippen molar-refractivity contribution in [1.82, 2.24) is 10.2 Å². The Morgan fingerprint density at radius 1 is 1.00 bits per heavy atom. The second-order valence-electron chi connectivity index (χ2n) is 6.47. The monoisotopic (exact) mass is 236 g/mol. The van der Waals surface area contributed by atoms with Gasteiger partial charge in [-0.25, -0.2) is 0 Å². The minimum Gasteiger partial charge on any atom is -0.311 e. The van der Waals surface area contributed by atoms with Crippen LogP contribution < -0.4 is 5.32 Å². The van der Waals surface area contributed by atoms with Crippen molar-refractivity contribution >= 4 is 0 Å². The quantitative estimate of drug-likeness (QED) is 0.810. The third-order valence-electron chi connectivity index (χ3n) is 5.50. The van der Waals surface area contributed by atoms with E-state index in [-0.39, 0.29) is 0 Å². The summed E-state index contributed by atoms with van der Waals surface area (Å²) in [6.45, 7) is 6.46. The predicted octanol–water partition coefficient (Wildman–Crippen LogP) is 2.64. The summed E-state index contributed by atoms with van der Waals surface area (Å²) in [5, 5.41) is 4.06. The van der Waals surface area contributed by atoms with E-state index in [1.54, 1.807) is 0 Å². The first kappa shape index (κ1) is 12.0. The molecule has 2 saturated heterocycles. The molecule has 2 heteroatoms. The normalized spacial score (nSPS) is 46.1. The summed E-state index contributed by atoms with van der Waals surface area (Å²) in [4.78, 5) is 2.65. The minimum absolute atomic E-state index is 0.839. The molecule has 1 aliphatic carbocycles. The molecular formula is C15H28N2. The smallest absolute Gasteiger partial charge is 0.0123 e. The van der Waals surface area contributed by atoms with Crippen molar-refractivity contribution in [2.45, 2.75) is 64.0 Å². The van der Waals surface area contributed by atoms with E-state index in [0.717, 1.165) is 23.9 Å². The molecule has 0 aromatic heterocycles. The molecule has 17 heavy (non-hydrogen) atoms. The number of hydrogen-bond donors (Lipinski definition) is 1. The molecule has 2 nitrogen and oxygen atoms in total. The van der Waals surface area contributed by atoms with Gasteiger partial charge in [0.15, 0.2) is 0 Å². The second kappa shape index (κ2) is 5.27. The predicted molar refractivity (Wildman–Crippen MR) is 72.1 cm³/mol. The number of hydrogen-bond acceptors (Lipinski definition) is 2. The molecule has 5 unspecified atom stereocenters. The van der Waals surface area contributed by atoms with E-state index in [1.165, 1.54) is 64.6 Å². The van der Waals surface area contributed by atoms with E-state index in [0.29, 0.717) is 0 Å². The van der Waals surface area contributed by atoms with Gasteiger partial charge in [-0.3, -0.25) is 0 Å². The lowest BCUT2D eigenvalue weighted by atomic mass is 9.81. The van der Waals surface area contributed by atoms with E-state index in [9.17, 15) is 0 Å². The van der Waals surface area contributed by atoms with Crippen molar-refractivity contribution in [3.05, 3.63) is 0 Å². The molecule has 2 aliphatic heterocycles. The lowest BCUT2D eigenvalue weighted by Crippen LogP contribution is -2.50. The van der Waals surface area contributed by atoms with E-state index < -0.39 is 0 Å². The molecule has 2 heterocycles. The fraction of sp³-hybridized carbons (Fsp3) is 1.00. The minimum atomic E-state index is 0.839. The standard InChI is InChI=1S/C15H28N2/c1-2-12-5-3-4-6-14(12)16-15-8-10-17-9-7-13(15)11-17/h12-16H,2-11H2,1H3. The Kier molecular flexibility index (Phi) is 3.72. The van der Waals surface area contributed by atoms with Gasteiger partial charge >= 0.3 is 0 Å². The van der Waals surface area contributed by atoms with Crippen LogP contribution >= 0.6 is 0 Å². The van der Waals surface area contributed by atoms with Crippen LogP contribution in [0.2, 0.25) is 0 Å². The maximum atomic E-state index is 4.06. The van der Waals surface area contributed by atoms with Crippen molar-refractivity contribution in [3.8, 4) is 0 Å². The highest BCUT2D eigenvalue weighted by atomic mass is 15.2. The highest BCUT2D eigenvalue weighted by Gasteiger charge is 2.36. The third kappa shape index (κ3) is 2.53. The van der Waals surface area contributed by atoms with Crippen LogP contribution in [0.25, 0.3) is 0 Å². The van der Waals surface area contributed by atoms with Crippen molar-refractivity contribution in [3.63, 3.8) is 0 Å². The van der Waals surface area contributed by atoms with Crippen molar-refractivity contribution < 1.29 is 0 Å². The molecule has 0 aromatic carbocycles. The first-order valence-corrected chi connectivity index (χ1v) is 7.85. The Morgan fingerprint density at radius 3 is 2.71 bits per heavy atom. The summed E-state index contributed by atoms with van der Waals surface area (Å²) in [7, 11) is 0. The van der Waals surface area contributed by atoms with Gasteiger partial charge in [-0.2, -0.15) is 0 Å². The van der Waals surface area contributed by atoms with Crippen molar-refractivity contribution in [2.24, 2.45) is 11.8 Å². The molecule has 0 aromatic rings. The summed E-state index contributed by atoms with van der Waals surface area (Å²) < 4.78 is 0. The zero-order valence-corrected chi connectivity index (χ0v) is 11.3. The lowest BCUT2D eigenvalue weighted by Gasteiger charge is -2.39. The Morgan fingerprint density at radius 2 is 1.82 bits per heavy atom. The van der Waals surface area contributed by atoms with Crippen LogP contribution in [0.3, 0.4) is 0 Å². The molecule has 2 bridgehead atoms. The van der Waals surface area contributed by atoms with E-state index >= 15 is 0 Å². The van der Waals surface area contributed by atoms with Gasteiger partial charge in [-0.15, -0.1) is 0 Å². The molecule has 0 spiro atoms. The lowest BCUT2D eigenvalue weighted by molar-refractivity contribution is 0.170. The van der Waals surface area contributed by atoms with Crippen LogP contribution in [0.4, 0.5) is 0 Å². The zero-order chi connectivity index (χ0) is 11.7. The maximum absolute atomic E-state index is 4.06. The third-order valence-corrected chi connectivity index (χ3v) is 5.50. The topological polar surface area (TPSA) is 15.3 Å². The van der Waals surface area contributed by atoms with Gasteiger partial charge < -0.3 is 10.2 Å². The van der Waals surface area contributed by atoms with Crippen LogP contribution in [0, 0.1) is 11.8 Å². The Bertz CT molecular complexity index is 249.